The Bertz CT molecular complexity index is 985. The second kappa shape index (κ2) is 7.21. The van der Waals surface area contributed by atoms with Crippen molar-refractivity contribution in [3.63, 3.8) is 0 Å². The number of hydrogen-bond acceptors (Lipinski definition) is 5. The van der Waals surface area contributed by atoms with Gasteiger partial charge in [0.25, 0.3) is 11.2 Å². The van der Waals surface area contributed by atoms with E-state index in [1.54, 1.807) is 6.92 Å². The second-order valence-corrected chi connectivity index (χ2v) is 6.85. The van der Waals surface area contributed by atoms with E-state index in [4.69, 9.17) is 0 Å². The van der Waals surface area contributed by atoms with Crippen LogP contribution in [0.15, 0.2) is 29.3 Å². The monoisotopic (exact) mass is 398 g/mol. The largest absolute Gasteiger partial charge is 0.406 e. The van der Waals surface area contributed by atoms with Crippen LogP contribution >= 0.6 is 0 Å². The van der Waals surface area contributed by atoms with Crippen molar-refractivity contribution in [3.05, 3.63) is 45.0 Å². The zero-order valence-corrected chi connectivity index (χ0v) is 14.8. The first-order chi connectivity index (χ1) is 13.1. The highest BCUT2D eigenvalue weighted by atomic mass is 19.4. The smallest absolute Gasteiger partial charge is 0.329 e. The van der Waals surface area contributed by atoms with Crippen LogP contribution in [0.25, 0.3) is 10.9 Å². The molecule has 0 saturated heterocycles. The summed E-state index contributed by atoms with van der Waals surface area (Å²) in [6.07, 6.45) is -2.00. The third-order valence-corrected chi connectivity index (χ3v) is 4.79. The van der Waals surface area contributed by atoms with Gasteiger partial charge in [0.1, 0.15) is 13.1 Å². The molecule has 1 amide bonds. The van der Waals surface area contributed by atoms with Gasteiger partial charge in [-0.25, -0.2) is 4.98 Å². The number of nitrogens with zero attached hydrogens (tertiary/aromatic N) is 4. The molecule has 1 aromatic heterocycles. The minimum atomic E-state index is -4.56. The minimum Gasteiger partial charge on any atom is -0.329 e. The molecule has 0 bridgehead atoms. The molecule has 0 spiro atoms. The van der Waals surface area contributed by atoms with Gasteiger partial charge < -0.3 is 4.90 Å². The molecule has 11 heteroatoms. The lowest BCUT2D eigenvalue weighted by Crippen LogP contribution is -2.47. The van der Waals surface area contributed by atoms with E-state index in [2.05, 4.69) is 4.98 Å². The average molecular weight is 398 g/mol. The fourth-order valence-electron chi connectivity index (χ4n) is 3.10. The number of halogens is 3. The summed E-state index contributed by atoms with van der Waals surface area (Å²) in [4.78, 5) is 40.1. The van der Waals surface area contributed by atoms with Gasteiger partial charge in [0, 0.05) is 18.2 Å². The molecule has 1 fully saturated rings. The first-order valence-electron chi connectivity index (χ1n) is 8.56. The number of benzene rings is 1. The maximum absolute atomic E-state index is 12.9. The van der Waals surface area contributed by atoms with E-state index in [9.17, 15) is 32.9 Å². The van der Waals surface area contributed by atoms with Crippen LogP contribution < -0.4 is 5.56 Å². The summed E-state index contributed by atoms with van der Waals surface area (Å²) in [5, 5.41) is 10.8. The van der Waals surface area contributed by atoms with E-state index >= 15 is 0 Å². The SMILES string of the molecule is C[C@H](C1CC1)N(CC(F)(F)F)C(=O)Cn1cnc2ccc([N+](=O)[O-])cc2c1=O. The molecule has 1 saturated carbocycles. The summed E-state index contributed by atoms with van der Waals surface area (Å²) in [5.74, 6) is -0.842. The molecule has 1 aromatic carbocycles. The number of non-ortho nitro benzene ring substituents is 1. The third kappa shape index (κ3) is 4.29. The molecular formula is C17H17F3N4O4. The van der Waals surface area contributed by atoms with E-state index < -0.39 is 41.7 Å². The van der Waals surface area contributed by atoms with Crippen molar-refractivity contribution in [1.29, 1.82) is 0 Å². The topological polar surface area (TPSA) is 98.3 Å². The molecule has 1 aliphatic rings. The van der Waals surface area contributed by atoms with E-state index in [1.807, 2.05) is 0 Å². The van der Waals surface area contributed by atoms with Crippen molar-refractivity contribution in [2.24, 2.45) is 5.92 Å². The fourth-order valence-corrected chi connectivity index (χ4v) is 3.10. The Morgan fingerprint density at radius 2 is 2.11 bits per heavy atom. The van der Waals surface area contributed by atoms with Crippen molar-refractivity contribution < 1.29 is 22.9 Å². The summed E-state index contributed by atoms with van der Waals surface area (Å²) in [7, 11) is 0. The van der Waals surface area contributed by atoms with Gasteiger partial charge in [-0.1, -0.05) is 0 Å². The molecule has 0 unspecified atom stereocenters. The summed E-state index contributed by atoms with van der Waals surface area (Å²) in [6.45, 7) is -0.464. The van der Waals surface area contributed by atoms with Crippen LogP contribution in [0, 0.1) is 16.0 Å². The lowest BCUT2D eigenvalue weighted by Gasteiger charge is -2.30. The number of amides is 1. The molecule has 0 radical (unpaired) electrons. The molecule has 3 rings (SSSR count). The van der Waals surface area contributed by atoms with Crippen LogP contribution in [0.2, 0.25) is 0 Å². The summed E-state index contributed by atoms with van der Waals surface area (Å²) < 4.78 is 39.6. The number of alkyl halides is 3. The predicted molar refractivity (Wildman–Crippen MR) is 92.6 cm³/mol. The Balaban J connectivity index is 1.90. The first-order valence-corrected chi connectivity index (χ1v) is 8.56. The zero-order valence-electron chi connectivity index (χ0n) is 14.8. The molecule has 1 atom stereocenters. The van der Waals surface area contributed by atoms with Crippen molar-refractivity contribution >= 4 is 22.5 Å². The number of carbonyl (C=O) groups is 1. The van der Waals surface area contributed by atoms with Gasteiger partial charge in [-0.3, -0.25) is 24.3 Å². The predicted octanol–water partition coefficient (Wildman–Crippen LogP) is 2.49. The Morgan fingerprint density at radius 1 is 1.43 bits per heavy atom. The van der Waals surface area contributed by atoms with Gasteiger partial charge in [-0.2, -0.15) is 13.2 Å². The van der Waals surface area contributed by atoms with Crippen LogP contribution in [0.5, 0.6) is 0 Å². The van der Waals surface area contributed by atoms with Gasteiger partial charge >= 0.3 is 6.18 Å². The van der Waals surface area contributed by atoms with Gasteiger partial charge in [0.05, 0.1) is 22.2 Å². The van der Waals surface area contributed by atoms with E-state index in [0.717, 1.165) is 34.7 Å². The van der Waals surface area contributed by atoms with Crippen molar-refractivity contribution in [2.75, 3.05) is 6.54 Å². The maximum Gasteiger partial charge on any atom is 0.406 e. The van der Waals surface area contributed by atoms with Gasteiger partial charge in [0.2, 0.25) is 5.91 Å². The fraction of sp³-hybridized carbons (Fsp3) is 0.471. The van der Waals surface area contributed by atoms with Gasteiger partial charge in [0.15, 0.2) is 0 Å². The normalized spacial score (nSPS) is 15.4. The van der Waals surface area contributed by atoms with Crippen LogP contribution in [-0.4, -0.2) is 44.0 Å². The maximum atomic E-state index is 12.9. The molecule has 2 aromatic rings. The highest BCUT2D eigenvalue weighted by Crippen LogP contribution is 2.36. The Kier molecular flexibility index (Phi) is 5.09. The van der Waals surface area contributed by atoms with Crippen LogP contribution in [-0.2, 0) is 11.3 Å². The highest BCUT2D eigenvalue weighted by Gasteiger charge is 2.40. The molecule has 1 aliphatic carbocycles. The molecule has 8 nitrogen and oxygen atoms in total. The average Bonchev–Trinajstić information content (AvgIpc) is 3.45. The zero-order chi connectivity index (χ0) is 20.6. The molecule has 150 valence electrons. The molecule has 28 heavy (non-hydrogen) atoms. The number of hydrogen-bond donors (Lipinski definition) is 0. The van der Waals surface area contributed by atoms with Crippen LogP contribution in [0.4, 0.5) is 18.9 Å². The number of aromatic nitrogens is 2. The van der Waals surface area contributed by atoms with Gasteiger partial charge in [-0.05, 0) is 31.7 Å². The standard InChI is InChI=1S/C17H17F3N4O4/c1-10(11-2-3-11)23(8-17(18,19)20)15(25)7-22-9-21-14-5-4-12(24(27)28)6-13(14)16(22)26/h4-6,9-11H,2-3,7-8H2,1H3/t10-/m1/s1. The van der Waals surface area contributed by atoms with E-state index in [-0.39, 0.29) is 22.5 Å². The van der Waals surface area contributed by atoms with E-state index in [1.165, 1.54) is 12.1 Å². The number of nitro groups is 1. The Morgan fingerprint density at radius 3 is 2.68 bits per heavy atom. The lowest BCUT2D eigenvalue weighted by atomic mass is 10.1. The third-order valence-electron chi connectivity index (χ3n) is 4.79. The van der Waals surface area contributed by atoms with Crippen LogP contribution in [0.1, 0.15) is 19.8 Å². The van der Waals surface area contributed by atoms with Crippen LogP contribution in [0.3, 0.4) is 0 Å². The van der Waals surface area contributed by atoms with E-state index in [0.29, 0.717) is 0 Å². The quantitative estimate of drug-likeness (QED) is 0.550. The first kappa shape index (κ1) is 19.8. The summed E-state index contributed by atoms with van der Waals surface area (Å²) in [6, 6.07) is 2.92. The highest BCUT2D eigenvalue weighted by molar-refractivity contribution is 5.81. The Hall–Kier alpha value is -2.98. The van der Waals surface area contributed by atoms with Gasteiger partial charge in [-0.15, -0.1) is 0 Å². The lowest BCUT2D eigenvalue weighted by molar-refractivity contribution is -0.384. The molecular weight excluding hydrogens is 381 g/mol. The Labute approximate surface area is 156 Å². The number of fused-ring (bicyclic) bond motifs is 1. The molecule has 1 heterocycles. The number of rotatable bonds is 6. The summed E-state index contributed by atoms with van der Waals surface area (Å²) in [5.41, 5.74) is -0.859. The summed E-state index contributed by atoms with van der Waals surface area (Å²) >= 11 is 0. The van der Waals surface area contributed by atoms with Crippen molar-refractivity contribution in [1.82, 2.24) is 14.5 Å². The molecule has 0 N–H and O–H groups in total. The van der Waals surface area contributed by atoms with Crippen molar-refractivity contribution in [2.45, 2.75) is 38.5 Å². The number of nitro benzene ring substituents is 1. The number of carbonyl (C=O) groups excluding carboxylic acids is 1. The molecule has 0 aliphatic heterocycles. The minimum absolute atomic E-state index is 0.0143. The van der Waals surface area contributed by atoms with Crippen molar-refractivity contribution in [3.8, 4) is 0 Å². The second-order valence-electron chi connectivity index (χ2n) is 6.85.